The summed E-state index contributed by atoms with van der Waals surface area (Å²) in [6, 6.07) is 3.11. The fraction of sp³-hybridized carbons (Fsp3) is 0.364. The number of phenolic OH excluding ortho intramolecular Hbond substituents is 1. The maximum atomic E-state index is 10.5. The number of carbonyl (C=O) groups is 1. The van der Waals surface area contributed by atoms with Crippen LogP contribution in [0.1, 0.15) is 12.0 Å². The van der Waals surface area contributed by atoms with E-state index in [9.17, 15) is 9.90 Å². The van der Waals surface area contributed by atoms with E-state index in [0.717, 1.165) is 0 Å². The number of hydrogen-bond donors (Lipinski definition) is 2. The lowest BCUT2D eigenvalue weighted by Gasteiger charge is -2.21. The van der Waals surface area contributed by atoms with Gasteiger partial charge in [-0.05, 0) is 18.6 Å². The van der Waals surface area contributed by atoms with Gasteiger partial charge in [0, 0.05) is 12.0 Å². The van der Waals surface area contributed by atoms with E-state index in [1.54, 1.807) is 6.07 Å². The highest BCUT2D eigenvalue weighted by atomic mass is 16.6. The first kappa shape index (κ1) is 10.6. The van der Waals surface area contributed by atoms with E-state index in [1.165, 1.54) is 6.07 Å². The molecule has 1 aromatic rings. The van der Waals surface area contributed by atoms with Crippen molar-refractivity contribution in [3.8, 4) is 17.2 Å². The van der Waals surface area contributed by atoms with Crippen LogP contribution >= 0.6 is 0 Å². The van der Waals surface area contributed by atoms with Gasteiger partial charge in [-0.2, -0.15) is 0 Å². The van der Waals surface area contributed by atoms with E-state index in [1.807, 2.05) is 0 Å². The van der Waals surface area contributed by atoms with Crippen LogP contribution in [0.2, 0.25) is 0 Å². The number of hydrogen-bond acceptors (Lipinski definition) is 4. The molecule has 0 aromatic heterocycles. The van der Waals surface area contributed by atoms with Crippen LogP contribution in [-0.4, -0.2) is 29.4 Å². The molecule has 86 valence electrons. The minimum absolute atomic E-state index is 0.0468. The smallest absolute Gasteiger partial charge is 0.303 e. The maximum absolute atomic E-state index is 10.5. The van der Waals surface area contributed by atoms with Crippen LogP contribution < -0.4 is 9.47 Å². The van der Waals surface area contributed by atoms with Gasteiger partial charge < -0.3 is 19.7 Å². The Kier molecular flexibility index (Phi) is 2.85. The first-order chi connectivity index (χ1) is 7.68. The molecule has 2 N–H and O–H groups in total. The van der Waals surface area contributed by atoms with E-state index in [4.69, 9.17) is 14.6 Å². The third kappa shape index (κ3) is 2.03. The van der Waals surface area contributed by atoms with Gasteiger partial charge in [-0.1, -0.05) is 0 Å². The molecule has 2 rings (SSSR count). The quantitative estimate of drug-likeness (QED) is 0.806. The Hall–Kier alpha value is -1.91. The topological polar surface area (TPSA) is 76.0 Å². The van der Waals surface area contributed by atoms with Crippen molar-refractivity contribution in [2.75, 3.05) is 13.2 Å². The van der Waals surface area contributed by atoms with Gasteiger partial charge in [0.1, 0.15) is 19.0 Å². The van der Waals surface area contributed by atoms with Gasteiger partial charge in [-0.25, -0.2) is 0 Å². The predicted octanol–water partition coefficient (Wildman–Crippen LogP) is 1.18. The average Bonchev–Trinajstić information content (AvgIpc) is 2.27. The second kappa shape index (κ2) is 4.30. The molecule has 0 saturated carbocycles. The Balaban J connectivity index is 2.30. The van der Waals surface area contributed by atoms with Crippen LogP contribution in [0, 0.1) is 0 Å². The number of ether oxygens (including phenoxy) is 2. The highest BCUT2D eigenvalue weighted by molar-refractivity contribution is 5.68. The summed E-state index contributed by atoms with van der Waals surface area (Å²) in [5.74, 6) is 0.163. The van der Waals surface area contributed by atoms with Crippen LogP contribution in [0.5, 0.6) is 17.2 Å². The minimum Gasteiger partial charge on any atom is -0.508 e. The molecule has 0 radical (unpaired) electrons. The molecule has 1 heterocycles. The van der Waals surface area contributed by atoms with Crippen LogP contribution in [0.15, 0.2) is 12.1 Å². The lowest BCUT2D eigenvalue weighted by molar-refractivity contribution is -0.136. The zero-order chi connectivity index (χ0) is 11.5. The van der Waals surface area contributed by atoms with Gasteiger partial charge in [0.25, 0.3) is 0 Å². The number of rotatable bonds is 3. The number of carboxylic acid groups (broad SMARTS) is 1. The lowest BCUT2D eigenvalue weighted by Crippen LogP contribution is -2.16. The second-order valence-corrected chi connectivity index (χ2v) is 3.48. The van der Waals surface area contributed by atoms with E-state index < -0.39 is 5.97 Å². The maximum Gasteiger partial charge on any atom is 0.303 e. The van der Waals surface area contributed by atoms with Crippen molar-refractivity contribution in [3.05, 3.63) is 17.7 Å². The van der Waals surface area contributed by atoms with Gasteiger partial charge in [-0.3, -0.25) is 4.79 Å². The van der Waals surface area contributed by atoms with Crippen molar-refractivity contribution in [3.63, 3.8) is 0 Å². The van der Waals surface area contributed by atoms with E-state index in [-0.39, 0.29) is 18.6 Å². The highest BCUT2D eigenvalue weighted by Crippen LogP contribution is 2.39. The molecule has 0 bridgehead atoms. The fourth-order valence-electron chi connectivity index (χ4n) is 1.64. The summed E-state index contributed by atoms with van der Waals surface area (Å²) < 4.78 is 10.7. The Labute approximate surface area is 92.2 Å². The normalized spacial score (nSPS) is 13.5. The average molecular weight is 224 g/mol. The van der Waals surface area contributed by atoms with Gasteiger partial charge in [-0.15, -0.1) is 0 Å². The van der Waals surface area contributed by atoms with Crippen LogP contribution in [-0.2, 0) is 11.2 Å². The molecule has 0 unspecified atom stereocenters. The number of phenols is 1. The Morgan fingerprint density at radius 3 is 2.81 bits per heavy atom. The van der Waals surface area contributed by atoms with Crippen LogP contribution in [0.3, 0.4) is 0 Å². The minimum atomic E-state index is -0.909. The fourth-order valence-corrected chi connectivity index (χ4v) is 1.64. The zero-order valence-corrected chi connectivity index (χ0v) is 8.60. The van der Waals surface area contributed by atoms with Gasteiger partial charge >= 0.3 is 5.97 Å². The van der Waals surface area contributed by atoms with Gasteiger partial charge in [0.2, 0.25) is 0 Å². The molecule has 1 aromatic carbocycles. The van der Waals surface area contributed by atoms with E-state index in [0.29, 0.717) is 30.3 Å². The largest absolute Gasteiger partial charge is 0.508 e. The Morgan fingerprint density at radius 2 is 2.06 bits per heavy atom. The number of carboxylic acids is 1. The van der Waals surface area contributed by atoms with Crippen LogP contribution in [0.4, 0.5) is 0 Å². The molecular formula is C11H12O5. The molecule has 16 heavy (non-hydrogen) atoms. The molecule has 5 nitrogen and oxygen atoms in total. The Bertz CT molecular complexity index is 413. The molecule has 1 aliphatic rings. The number of benzene rings is 1. The second-order valence-electron chi connectivity index (χ2n) is 3.48. The molecule has 0 saturated heterocycles. The Morgan fingerprint density at radius 1 is 1.31 bits per heavy atom. The molecule has 0 aliphatic carbocycles. The number of aliphatic carboxylic acids is 1. The van der Waals surface area contributed by atoms with Gasteiger partial charge in [0.15, 0.2) is 11.5 Å². The molecule has 0 atom stereocenters. The summed E-state index contributed by atoms with van der Waals surface area (Å²) in [7, 11) is 0. The van der Waals surface area contributed by atoms with E-state index >= 15 is 0 Å². The SMILES string of the molecule is O=C(O)CCc1c(O)ccc2c1OCCO2. The van der Waals surface area contributed by atoms with E-state index in [2.05, 4.69) is 0 Å². The first-order valence-corrected chi connectivity index (χ1v) is 5.00. The third-order valence-corrected chi connectivity index (χ3v) is 2.38. The third-order valence-electron chi connectivity index (χ3n) is 2.38. The summed E-state index contributed by atoms with van der Waals surface area (Å²) in [4.78, 5) is 10.5. The summed E-state index contributed by atoms with van der Waals surface area (Å²) in [6.45, 7) is 0.882. The molecule has 0 amide bonds. The monoisotopic (exact) mass is 224 g/mol. The summed E-state index contributed by atoms with van der Waals surface area (Å²) in [5, 5.41) is 18.3. The summed E-state index contributed by atoms with van der Waals surface area (Å²) in [6.07, 6.45) is 0.182. The van der Waals surface area contributed by atoms with Crippen molar-refractivity contribution in [2.24, 2.45) is 0 Å². The van der Waals surface area contributed by atoms with Crippen LogP contribution in [0.25, 0.3) is 0 Å². The molecular weight excluding hydrogens is 212 g/mol. The molecule has 1 aliphatic heterocycles. The van der Waals surface area contributed by atoms with Crippen molar-refractivity contribution in [1.29, 1.82) is 0 Å². The van der Waals surface area contributed by atoms with Crippen molar-refractivity contribution in [2.45, 2.75) is 12.8 Å². The number of fused-ring (bicyclic) bond motifs is 1. The number of aromatic hydroxyl groups is 1. The van der Waals surface area contributed by atoms with Crippen molar-refractivity contribution in [1.82, 2.24) is 0 Å². The summed E-state index contributed by atoms with van der Waals surface area (Å²) in [5.41, 5.74) is 0.500. The molecule has 0 spiro atoms. The molecule has 0 fully saturated rings. The standard InChI is InChI=1S/C11H12O5/c12-8-2-3-9-11(16-6-5-15-9)7(8)1-4-10(13)14/h2-3,12H,1,4-6H2,(H,13,14). The van der Waals surface area contributed by atoms with Crippen molar-refractivity contribution < 1.29 is 24.5 Å². The highest BCUT2D eigenvalue weighted by Gasteiger charge is 2.19. The first-order valence-electron chi connectivity index (χ1n) is 5.00. The van der Waals surface area contributed by atoms with Gasteiger partial charge in [0.05, 0.1) is 0 Å². The zero-order valence-electron chi connectivity index (χ0n) is 8.60. The molecule has 5 heteroatoms. The van der Waals surface area contributed by atoms with Crippen molar-refractivity contribution >= 4 is 5.97 Å². The lowest BCUT2D eigenvalue weighted by atomic mass is 10.1. The summed E-state index contributed by atoms with van der Waals surface area (Å²) >= 11 is 0. The predicted molar refractivity (Wildman–Crippen MR) is 55.1 cm³/mol.